The van der Waals surface area contributed by atoms with E-state index in [1.165, 1.54) is 17.4 Å². The van der Waals surface area contributed by atoms with Gasteiger partial charge < -0.3 is 20.8 Å². The molecule has 1 aliphatic rings. The third kappa shape index (κ3) is 4.53. The molecule has 1 rings (SSSR count). The van der Waals surface area contributed by atoms with Crippen LogP contribution in [0.1, 0.15) is 26.2 Å². The standard InChI is InChI=1S/C16H23N3O/c1-3-14(5-4-10-20)11-15-7-9-19(12-13(15)2)16(18)6-8-17/h3,6,8,10-11,17H,1,4-5,7,9,12,18H2,2H3/b14-11+,16-6+,17-8?. The zero-order valence-corrected chi connectivity index (χ0v) is 12.1. The van der Waals surface area contributed by atoms with E-state index < -0.39 is 0 Å². The summed E-state index contributed by atoms with van der Waals surface area (Å²) >= 11 is 0. The third-order valence-corrected chi connectivity index (χ3v) is 3.42. The van der Waals surface area contributed by atoms with E-state index in [4.69, 9.17) is 11.1 Å². The van der Waals surface area contributed by atoms with Crippen LogP contribution >= 0.6 is 0 Å². The van der Waals surface area contributed by atoms with Crippen LogP contribution in [0.5, 0.6) is 0 Å². The molecule has 0 aromatic heterocycles. The maximum absolute atomic E-state index is 10.4. The molecule has 1 heterocycles. The van der Waals surface area contributed by atoms with Gasteiger partial charge in [0.2, 0.25) is 0 Å². The Balaban J connectivity index is 2.82. The van der Waals surface area contributed by atoms with Crippen LogP contribution < -0.4 is 5.73 Å². The molecule has 4 heteroatoms. The van der Waals surface area contributed by atoms with Gasteiger partial charge in [-0.3, -0.25) is 0 Å². The van der Waals surface area contributed by atoms with E-state index in [0.717, 1.165) is 37.8 Å². The molecule has 0 saturated carbocycles. The van der Waals surface area contributed by atoms with E-state index in [9.17, 15) is 4.79 Å². The minimum Gasteiger partial charge on any atom is -0.385 e. The quantitative estimate of drug-likeness (QED) is 0.425. The number of hydrogen-bond acceptors (Lipinski definition) is 4. The topological polar surface area (TPSA) is 70.2 Å². The fraction of sp³-hybridized carbons (Fsp3) is 0.375. The predicted octanol–water partition coefficient (Wildman–Crippen LogP) is 2.55. The normalized spacial score (nSPS) is 17.1. The van der Waals surface area contributed by atoms with Gasteiger partial charge in [-0.1, -0.05) is 24.3 Å². The number of nitrogens with one attached hydrogen (secondary N) is 1. The first-order valence-electron chi connectivity index (χ1n) is 6.78. The van der Waals surface area contributed by atoms with E-state index in [1.807, 2.05) is 6.08 Å². The number of nitrogens with zero attached hydrogens (tertiary/aromatic N) is 1. The zero-order chi connectivity index (χ0) is 15.0. The van der Waals surface area contributed by atoms with E-state index in [2.05, 4.69) is 24.5 Å². The number of aldehydes is 1. The van der Waals surface area contributed by atoms with Crippen LogP contribution in [-0.2, 0) is 4.79 Å². The maximum atomic E-state index is 10.4. The predicted molar refractivity (Wildman–Crippen MR) is 83.5 cm³/mol. The van der Waals surface area contributed by atoms with Crippen molar-refractivity contribution in [1.82, 2.24) is 4.90 Å². The Bertz CT molecular complexity index is 472. The highest BCUT2D eigenvalue weighted by Gasteiger charge is 2.15. The number of carbonyl (C=O) groups excluding carboxylic acids is 1. The van der Waals surface area contributed by atoms with Crippen LogP contribution in [0.2, 0.25) is 0 Å². The molecule has 0 aliphatic carbocycles. The van der Waals surface area contributed by atoms with Gasteiger partial charge in [0.1, 0.15) is 12.1 Å². The summed E-state index contributed by atoms with van der Waals surface area (Å²) in [6.45, 7) is 7.52. The fourth-order valence-electron chi connectivity index (χ4n) is 2.22. The number of carbonyl (C=O) groups is 1. The lowest BCUT2D eigenvalue weighted by molar-refractivity contribution is -0.107. The van der Waals surface area contributed by atoms with Crippen LogP contribution in [0.15, 0.2) is 47.3 Å². The molecular weight excluding hydrogens is 250 g/mol. The van der Waals surface area contributed by atoms with Crippen molar-refractivity contribution in [3.8, 4) is 0 Å². The van der Waals surface area contributed by atoms with Gasteiger partial charge in [-0.05, 0) is 37.0 Å². The number of rotatable bonds is 7. The average molecular weight is 273 g/mol. The van der Waals surface area contributed by atoms with Crippen LogP contribution in [-0.4, -0.2) is 30.5 Å². The minimum atomic E-state index is 0.533. The fourth-order valence-corrected chi connectivity index (χ4v) is 2.22. The summed E-state index contributed by atoms with van der Waals surface area (Å²) in [7, 11) is 0. The summed E-state index contributed by atoms with van der Waals surface area (Å²) in [4.78, 5) is 12.5. The summed E-state index contributed by atoms with van der Waals surface area (Å²) in [6.07, 6.45) is 9.89. The van der Waals surface area contributed by atoms with Crippen LogP contribution in [0.4, 0.5) is 0 Å². The SMILES string of the molecule is C=C/C(=C\C1=C(C)CN(/C(N)=C/C=N)CC1)CCC=O. The Kier molecular flexibility index (Phi) is 6.50. The van der Waals surface area contributed by atoms with E-state index in [0.29, 0.717) is 12.2 Å². The molecular formula is C16H23N3O. The summed E-state index contributed by atoms with van der Waals surface area (Å²) in [5.74, 6) is 0.632. The molecule has 0 aromatic rings. The Labute approximate surface area is 120 Å². The van der Waals surface area contributed by atoms with Crippen molar-refractivity contribution in [2.75, 3.05) is 13.1 Å². The Morgan fingerprint density at radius 1 is 1.55 bits per heavy atom. The Morgan fingerprint density at radius 2 is 2.30 bits per heavy atom. The zero-order valence-electron chi connectivity index (χ0n) is 12.1. The molecule has 0 amide bonds. The molecule has 1 aliphatic heterocycles. The number of allylic oxidation sites excluding steroid dienone is 4. The van der Waals surface area contributed by atoms with E-state index >= 15 is 0 Å². The van der Waals surface area contributed by atoms with Gasteiger partial charge in [0.25, 0.3) is 0 Å². The number of hydrogen-bond donors (Lipinski definition) is 2. The van der Waals surface area contributed by atoms with Crippen molar-refractivity contribution in [3.63, 3.8) is 0 Å². The molecule has 4 nitrogen and oxygen atoms in total. The van der Waals surface area contributed by atoms with Crippen LogP contribution in [0, 0.1) is 5.41 Å². The van der Waals surface area contributed by atoms with E-state index in [1.54, 1.807) is 6.08 Å². The smallest absolute Gasteiger partial charge is 0.120 e. The molecule has 0 fully saturated rings. The van der Waals surface area contributed by atoms with Crippen molar-refractivity contribution < 1.29 is 4.79 Å². The van der Waals surface area contributed by atoms with Gasteiger partial charge in [-0.25, -0.2) is 0 Å². The Morgan fingerprint density at radius 3 is 2.85 bits per heavy atom. The highest BCUT2D eigenvalue weighted by Crippen LogP contribution is 2.22. The van der Waals surface area contributed by atoms with Gasteiger partial charge in [0.05, 0.1) is 0 Å². The van der Waals surface area contributed by atoms with Crippen molar-refractivity contribution in [3.05, 3.63) is 47.3 Å². The van der Waals surface area contributed by atoms with E-state index in [-0.39, 0.29) is 0 Å². The monoisotopic (exact) mass is 273 g/mol. The molecule has 0 saturated heterocycles. The maximum Gasteiger partial charge on any atom is 0.120 e. The molecule has 0 aromatic carbocycles. The minimum absolute atomic E-state index is 0.533. The molecule has 0 radical (unpaired) electrons. The van der Waals surface area contributed by atoms with Crippen LogP contribution in [0.25, 0.3) is 0 Å². The first kappa shape index (κ1) is 16.0. The summed E-state index contributed by atoms with van der Waals surface area (Å²) < 4.78 is 0. The second-order valence-corrected chi connectivity index (χ2v) is 4.86. The molecule has 3 N–H and O–H groups in total. The lowest BCUT2D eigenvalue weighted by Crippen LogP contribution is -2.33. The van der Waals surface area contributed by atoms with Crippen molar-refractivity contribution in [1.29, 1.82) is 5.41 Å². The summed E-state index contributed by atoms with van der Waals surface area (Å²) in [6, 6.07) is 0. The Hall–Kier alpha value is -2.10. The molecule has 108 valence electrons. The summed E-state index contributed by atoms with van der Waals surface area (Å²) in [5, 5.41) is 7.05. The average Bonchev–Trinajstić information content (AvgIpc) is 2.45. The lowest BCUT2D eigenvalue weighted by atomic mass is 9.97. The molecule has 0 bridgehead atoms. The first-order chi connectivity index (χ1) is 9.62. The lowest BCUT2D eigenvalue weighted by Gasteiger charge is -2.30. The van der Waals surface area contributed by atoms with Crippen LogP contribution in [0.3, 0.4) is 0 Å². The molecule has 0 spiro atoms. The highest BCUT2D eigenvalue weighted by molar-refractivity contribution is 5.68. The molecule has 0 unspecified atom stereocenters. The third-order valence-electron chi connectivity index (χ3n) is 3.42. The number of nitrogens with two attached hydrogens (primary N) is 1. The second kappa shape index (κ2) is 8.15. The molecule has 0 atom stereocenters. The largest absolute Gasteiger partial charge is 0.385 e. The molecule has 20 heavy (non-hydrogen) atoms. The van der Waals surface area contributed by atoms with Crippen molar-refractivity contribution >= 4 is 12.5 Å². The van der Waals surface area contributed by atoms with Gasteiger partial charge in [-0.2, -0.15) is 0 Å². The summed E-state index contributed by atoms with van der Waals surface area (Å²) in [5.41, 5.74) is 9.57. The van der Waals surface area contributed by atoms with Crippen molar-refractivity contribution in [2.45, 2.75) is 26.2 Å². The van der Waals surface area contributed by atoms with Gasteiger partial charge in [-0.15, -0.1) is 0 Å². The van der Waals surface area contributed by atoms with Gasteiger partial charge in [0.15, 0.2) is 0 Å². The van der Waals surface area contributed by atoms with Crippen molar-refractivity contribution in [2.24, 2.45) is 5.73 Å². The first-order valence-corrected chi connectivity index (χ1v) is 6.78. The van der Waals surface area contributed by atoms with Gasteiger partial charge >= 0.3 is 0 Å². The highest BCUT2D eigenvalue weighted by atomic mass is 16.1. The van der Waals surface area contributed by atoms with Gasteiger partial charge in [0, 0.05) is 25.7 Å². The second-order valence-electron chi connectivity index (χ2n) is 4.86.